The molecule has 1 amide bonds. The molecule has 0 atom stereocenters. The van der Waals surface area contributed by atoms with Crippen LogP contribution in [-0.4, -0.2) is 5.91 Å². The van der Waals surface area contributed by atoms with E-state index < -0.39 is 0 Å². The van der Waals surface area contributed by atoms with Crippen LogP contribution in [0.2, 0.25) is 0 Å². The molecule has 0 aliphatic carbocycles. The van der Waals surface area contributed by atoms with Crippen molar-refractivity contribution in [3.8, 4) is 0 Å². The largest absolute Gasteiger partial charge is 0.348 e. The Balaban J connectivity index is 2.04. The van der Waals surface area contributed by atoms with Gasteiger partial charge in [-0.15, -0.1) is 0 Å². The number of thiophene rings is 1. The summed E-state index contributed by atoms with van der Waals surface area (Å²) in [6, 6.07) is 6.13. The molecule has 2 nitrogen and oxygen atoms in total. The lowest BCUT2D eigenvalue weighted by Crippen LogP contribution is -2.23. The fourth-order valence-corrected chi connectivity index (χ4v) is 2.22. The fourth-order valence-electron chi connectivity index (χ4n) is 1.55. The predicted octanol–water partition coefficient (Wildman–Crippen LogP) is 3.13. The maximum Gasteiger partial charge on any atom is 0.251 e. The minimum Gasteiger partial charge on any atom is -0.348 e. The summed E-state index contributed by atoms with van der Waals surface area (Å²) < 4.78 is 12.9. The van der Waals surface area contributed by atoms with Crippen LogP contribution in [-0.2, 0) is 6.54 Å². The molecule has 17 heavy (non-hydrogen) atoms. The standard InChI is InChI=1S/C13H12FNOS/c1-9-6-11(14)2-3-12(9)13(16)15-7-10-4-5-17-8-10/h2-6,8H,7H2,1H3,(H,15,16). The van der Waals surface area contributed by atoms with Gasteiger partial charge in [-0.25, -0.2) is 4.39 Å². The topological polar surface area (TPSA) is 29.1 Å². The Morgan fingerprint density at radius 3 is 2.88 bits per heavy atom. The summed E-state index contributed by atoms with van der Waals surface area (Å²) in [5, 5.41) is 6.75. The van der Waals surface area contributed by atoms with Gasteiger partial charge in [-0.3, -0.25) is 4.79 Å². The van der Waals surface area contributed by atoms with Crippen molar-refractivity contribution < 1.29 is 9.18 Å². The molecule has 88 valence electrons. The Kier molecular flexibility index (Phi) is 3.54. The first-order chi connectivity index (χ1) is 8.16. The number of hydrogen-bond donors (Lipinski definition) is 1. The fraction of sp³-hybridized carbons (Fsp3) is 0.154. The van der Waals surface area contributed by atoms with Crippen molar-refractivity contribution in [2.45, 2.75) is 13.5 Å². The van der Waals surface area contributed by atoms with Gasteiger partial charge >= 0.3 is 0 Å². The molecule has 0 bridgehead atoms. The number of carbonyl (C=O) groups is 1. The van der Waals surface area contributed by atoms with Crippen molar-refractivity contribution in [1.82, 2.24) is 5.32 Å². The van der Waals surface area contributed by atoms with E-state index in [2.05, 4.69) is 5.32 Å². The molecule has 0 aliphatic heterocycles. The van der Waals surface area contributed by atoms with E-state index in [4.69, 9.17) is 0 Å². The minimum atomic E-state index is -0.322. The first-order valence-corrected chi connectivity index (χ1v) is 6.16. The lowest BCUT2D eigenvalue weighted by molar-refractivity contribution is 0.0950. The SMILES string of the molecule is Cc1cc(F)ccc1C(=O)NCc1ccsc1. The molecule has 1 aromatic heterocycles. The third-order valence-corrected chi connectivity index (χ3v) is 3.20. The van der Waals surface area contributed by atoms with Crippen molar-refractivity contribution >= 4 is 17.2 Å². The second-order valence-electron chi connectivity index (χ2n) is 3.77. The van der Waals surface area contributed by atoms with Crippen LogP contribution in [0.25, 0.3) is 0 Å². The Labute approximate surface area is 103 Å². The molecule has 0 radical (unpaired) electrons. The van der Waals surface area contributed by atoms with Crippen molar-refractivity contribution in [3.05, 3.63) is 57.5 Å². The van der Waals surface area contributed by atoms with Crippen LogP contribution in [0.15, 0.2) is 35.0 Å². The normalized spacial score (nSPS) is 10.2. The third-order valence-electron chi connectivity index (χ3n) is 2.47. The van der Waals surface area contributed by atoms with Crippen LogP contribution in [0.5, 0.6) is 0 Å². The molecule has 2 rings (SSSR count). The van der Waals surface area contributed by atoms with Gasteiger partial charge in [0.1, 0.15) is 5.82 Å². The van der Waals surface area contributed by atoms with E-state index in [1.54, 1.807) is 18.3 Å². The number of amides is 1. The third kappa shape index (κ3) is 2.91. The summed E-state index contributed by atoms with van der Waals surface area (Å²) in [6.07, 6.45) is 0. The van der Waals surface area contributed by atoms with Crippen molar-refractivity contribution in [2.75, 3.05) is 0 Å². The van der Waals surface area contributed by atoms with Crippen molar-refractivity contribution in [2.24, 2.45) is 0 Å². The molecule has 1 heterocycles. The van der Waals surface area contributed by atoms with E-state index in [-0.39, 0.29) is 11.7 Å². The molecule has 0 fully saturated rings. The summed E-state index contributed by atoms with van der Waals surface area (Å²) in [5.74, 6) is -0.495. The average Bonchev–Trinajstić information content (AvgIpc) is 2.78. The summed E-state index contributed by atoms with van der Waals surface area (Å²) >= 11 is 1.59. The number of hydrogen-bond acceptors (Lipinski definition) is 2. The van der Waals surface area contributed by atoms with Crippen molar-refractivity contribution in [3.63, 3.8) is 0 Å². The second kappa shape index (κ2) is 5.10. The quantitative estimate of drug-likeness (QED) is 0.889. The lowest BCUT2D eigenvalue weighted by atomic mass is 10.1. The zero-order valence-electron chi connectivity index (χ0n) is 9.37. The summed E-state index contributed by atoms with van der Waals surface area (Å²) in [6.45, 7) is 2.22. The van der Waals surface area contributed by atoms with Crippen LogP contribution < -0.4 is 5.32 Å². The summed E-state index contributed by atoms with van der Waals surface area (Å²) in [5.41, 5.74) is 2.23. The van der Waals surface area contributed by atoms with Gasteiger partial charge in [0.15, 0.2) is 0 Å². The van der Waals surface area contributed by atoms with E-state index >= 15 is 0 Å². The van der Waals surface area contributed by atoms with Crippen LogP contribution in [0, 0.1) is 12.7 Å². The van der Waals surface area contributed by atoms with Gasteiger partial charge in [0, 0.05) is 12.1 Å². The number of rotatable bonds is 3. The second-order valence-corrected chi connectivity index (χ2v) is 4.55. The molecule has 1 N–H and O–H groups in total. The maximum absolute atomic E-state index is 12.9. The van der Waals surface area contributed by atoms with Gasteiger partial charge in [-0.2, -0.15) is 11.3 Å². The first-order valence-electron chi connectivity index (χ1n) is 5.22. The van der Waals surface area contributed by atoms with Gasteiger partial charge < -0.3 is 5.32 Å². The highest BCUT2D eigenvalue weighted by atomic mass is 32.1. The van der Waals surface area contributed by atoms with Crippen LogP contribution in [0.4, 0.5) is 4.39 Å². The number of nitrogens with one attached hydrogen (secondary N) is 1. The van der Waals surface area contributed by atoms with Crippen molar-refractivity contribution in [1.29, 1.82) is 0 Å². The zero-order valence-corrected chi connectivity index (χ0v) is 10.2. The highest BCUT2D eigenvalue weighted by Gasteiger charge is 2.09. The Morgan fingerprint density at radius 2 is 2.24 bits per heavy atom. The molecule has 1 aromatic carbocycles. The molecule has 2 aromatic rings. The smallest absolute Gasteiger partial charge is 0.251 e. The number of benzene rings is 1. The minimum absolute atomic E-state index is 0.172. The monoisotopic (exact) mass is 249 g/mol. The molecule has 0 saturated heterocycles. The van der Waals surface area contributed by atoms with E-state index in [9.17, 15) is 9.18 Å². The molecule has 0 saturated carbocycles. The molecular formula is C13H12FNOS. The van der Waals surface area contributed by atoms with E-state index in [1.165, 1.54) is 18.2 Å². The van der Waals surface area contributed by atoms with Gasteiger partial charge in [0.25, 0.3) is 5.91 Å². The molecule has 0 unspecified atom stereocenters. The van der Waals surface area contributed by atoms with Gasteiger partial charge in [-0.1, -0.05) is 0 Å². The van der Waals surface area contributed by atoms with E-state index in [1.807, 2.05) is 16.8 Å². The first kappa shape index (κ1) is 11.8. The lowest BCUT2D eigenvalue weighted by Gasteiger charge is -2.06. The number of carbonyl (C=O) groups excluding carboxylic acids is 1. The molecule has 0 spiro atoms. The molecule has 0 aliphatic rings. The van der Waals surface area contributed by atoms with Crippen LogP contribution in [0.3, 0.4) is 0 Å². The Morgan fingerprint density at radius 1 is 1.41 bits per heavy atom. The highest BCUT2D eigenvalue weighted by Crippen LogP contribution is 2.11. The number of aryl methyl sites for hydroxylation is 1. The summed E-state index contributed by atoms with van der Waals surface area (Å²) in [4.78, 5) is 11.8. The molecular weight excluding hydrogens is 237 g/mol. The van der Waals surface area contributed by atoms with Gasteiger partial charge in [0.2, 0.25) is 0 Å². The van der Waals surface area contributed by atoms with Gasteiger partial charge in [-0.05, 0) is 53.1 Å². The number of halogens is 1. The summed E-state index contributed by atoms with van der Waals surface area (Å²) in [7, 11) is 0. The van der Waals surface area contributed by atoms with Crippen LogP contribution >= 0.6 is 11.3 Å². The van der Waals surface area contributed by atoms with E-state index in [0.717, 1.165) is 5.56 Å². The predicted molar refractivity (Wildman–Crippen MR) is 66.6 cm³/mol. The maximum atomic E-state index is 12.9. The van der Waals surface area contributed by atoms with E-state index in [0.29, 0.717) is 17.7 Å². The van der Waals surface area contributed by atoms with Crippen LogP contribution in [0.1, 0.15) is 21.5 Å². The molecule has 4 heteroatoms. The average molecular weight is 249 g/mol. The Bertz CT molecular complexity index is 522. The van der Waals surface area contributed by atoms with Gasteiger partial charge in [0.05, 0.1) is 0 Å². The zero-order chi connectivity index (χ0) is 12.3. The highest BCUT2D eigenvalue weighted by molar-refractivity contribution is 7.07. The Hall–Kier alpha value is -1.68.